The molecule has 190 valence electrons. The quantitative estimate of drug-likeness (QED) is 0.198. The minimum atomic E-state index is -0.213. The molecule has 36 heavy (non-hydrogen) atoms. The lowest BCUT2D eigenvalue weighted by atomic mass is 10.1. The fraction of sp³-hybridized carbons (Fsp3) is 0.286. The number of benzene rings is 2. The SMILES string of the molecule is C=CC(=O)c1ccc(OCC(=O)NCCCCCCNC(=O)COc2ccc(C(=O)C=C)cc2)cc1. The molecule has 2 rings (SSSR count). The van der Waals surface area contributed by atoms with Crippen molar-refractivity contribution in [3.63, 3.8) is 0 Å². The van der Waals surface area contributed by atoms with Crippen molar-refractivity contribution < 1.29 is 28.7 Å². The van der Waals surface area contributed by atoms with Gasteiger partial charge in [0.05, 0.1) is 0 Å². The van der Waals surface area contributed by atoms with E-state index in [1.165, 1.54) is 12.2 Å². The normalized spacial score (nSPS) is 10.1. The zero-order chi connectivity index (χ0) is 26.2. The summed E-state index contributed by atoms with van der Waals surface area (Å²) in [5, 5.41) is 5.61. The Balaban J connectivity index is 1.47. The molecule has 0 aliphatic carbocycles. The molecule has 0 aromatic heterocycles. The van der Waals surface area contributed by atoms with E-state index < -0.39 is 0 Å². The Kier molecular flexibility index (Phi) is 12.2. The van der Waals surface area contributed by atoms with Crippen LogP contribution in [0.3, 0.4) is 0 Å². The smallest absolute Gasteiger partial charge is 0.257 e. The van der Waals surface area contributed by atoms with Crippen LogP contribution in [0.4, 0.5) is 0 Å². The molecule has 0 heterocycles. The summed E-state index contributed by atoms with van der Waals surface area (Å²) in [5.41, 5.74) is 1.03. The van der Waals surface area contributed by atoms with Crippen molar-refractivity contribution in [2.45, 2.75) is 25.7 Å². The maximum Gasteiger partial charge on any atom is 0.257 e. The second-order valence-corrected chi connectivity index (χ2v) is 7.88. The third-order valence-electron chi connectivity index (χ3n) is 5.14. The molecule has 8 heteroatoms. The standard InChI is InChI=1S/C28H32N2O6/c1-3-25(31)21-9-13-23(14-10-21)35-19-27(33)29-17-7-5-6-8-18-30-28(34)20-36-24-15-11-22(12-16-24)26(32)4-2/h3-4,9-16H,1-2,5-8,17-20H2,(H,29,33)(H,30,34). The van der Waals surface area contributed by atoms with E-state index in [1.54, 1.807) is 48.5 Å². The lowest BCUT2D eigenvalue weighted by Crippen LogP contribution is -2.30. The number of hydrogen-bond donors (Lipinski definition) is 2. The van der Waals surface area contributed by atoms with E-state index in [2.05, 4.69) is 23.8 Å². The topological polar surface area (TPSA) is 111 Å². The van der Waals surface area contributed by atoms with Crippen molar-refractivity contribution in [3.05, 3.63) is 85.0 Å². The number of ketones is 2. The zero-order valence-corrected chi connectivity index (χ0v) is 20.3. The third kappa shape index (κ3) is 10.4. The average molecular weight is 493 g/mol. The Morgan fingerprint density at radius 2 is 0.972 bits per heavy atom. The lowest BCUT2D eigenvalue weighted by Gasteiger charge is -2.09. The van der Waals surface area contributed by atoms with E-state index in [4.69, 9.17) is 9.47 Å². The number of nitrogens with one attached hydrogen (secondary N) is 2. The van der Waals surface area contributed by atoms with Gasteiger partial charge in [0.1, 0.15) is 11.5 Å². The van der Waals surface area contributed by atoms with Crippen LogP contribution in [-0.4, -0.2) is 49.7 Å². The number of carbonyl (C=O) groups is 4. The predicted molar refractivity (Wildman–Crippen MR) is 137 cm³/mol. The van der Waals surface area contributed by atoms with E-state index in [0.29, 0.717) is 35.7 Å². The van der Waals surface area contributed by atoms with Crippen LogP contribution in [0.1, 0.15) is 46.4 Å². The molecule has 8 nitrogen and oxygen atoms in total. The monoisotopic (exact) mass is 492 g/mol. The van der Waals surface area contributed by atoms with Gasteiger partial charge in [0.25, 0.3) is 11.8 Å². The van der Waals surface area contributed by atoms with Crippen molar-refractivity contribution in [1.29, 1.82) is 0 Å². The number of unbranched alkanes of at least 4 members (excludes halogenated alkanes) is 3. The van der Waals surface area contributed by atoms with Gasteiger partial charge in [-0.15, -0.1) is 0 Å². The highest BCUT2D eigenvalue weighted by molar-refractivity contribution is 6.04. The van der Waals surface area contributed by atoms with Gasteiger partial charge in [-0.25, -0.2) is 0 Å². The number of amides is 2. The van der Waals surface area contributed by atoms with Gasteiger partial charge in [-0.2, -0.15) is 0 Å². The van der Waals surface area contributed by atoms with Gasteiger partial charge >= 0.3 is 0 Å². The van der Waals surface area contributed by atoms with E-state index in [-0.39, 0.29) is 36.6 Å². The van der Waals surface area contributed by atoms with Crippen molar-refractivity contribution in [1.82, 2.24) is 10.6 Å². The molecule has 0 bridgehead atoms. The van der Waals surface area contributed by atoms with Gasteiger partial charge in [-0.05, 0) is 73.5 Å². The Bertz CT molecular complexity index is 959. The number of ether oxygens (including phenoxy) is 2. The molecule has 0 radical (unpaired) electrons. The zero-order valence-electron chi connectivity index (χ0n) is 20.3. The summed E-state index contributed by atoms with van der Waals surface area (Å²) in [4.78, 5) is 46.8. The van der Waals surface area contributed by atoms with Crippen LogP contribution in [-0.2, 0) is 9.59 Å². The molecule has 0 saturated carbocycles. The molecule has 2 aromatic rings. The first kappa shape index (κ1) is 28.0. The maximum atomic E-state index is 11.9. The molecular formula is C28H32N2O6. The summed E-state index contributed by atoms with van der Waals surface area (Å²) in [5.74, 6) is 0.258. The van der Waals surface area contributed by atoms with Gasteiger partial charge in [0.2, 0.25) is 0 Å². The molecular weight excluding hydrogens is 460 g/mol. The highest BCUT2D eigenvalue weighted by Gasteiger charge is 2.06. The Morgan fingerprint density at radius 3 is 1.31 bits per heavy atom. The maximum absolute atomic E-state index is 11.9. The summed E-state index contributed by atoms with van der Waals surface area (Å²) < 4.78 is 10.8. The number of hydrogen-bond acceptors (Lipinski definition) is 6. The van der Waals surface area contributed by atoms with E-state index in [1.807, 2.05) is 0 Å². The minimum absolute atomic E-state index is 0.0973. The van der Waals surface area contributed by atoms with Gasteiger partial charge in [-0.3, -0.25) is 19.2 Å². The Hall–Kier alpha value is -4.20. The highest BCUT2D eigenvalue weighted by Crippen LogP contribution is 2.13. The summed E-state index contributed by atoms with van der Waals surface area (Å²) in [7, 11) is 0. The fourth-order valence-electron chi connectivity index (χ4n) is 3.13. The van der Waals surface area contributed by atoms with E-state index >= 15 is 0 Å². The predicted octanol–water partition coefficient (Wildman–Crippen LogP) is 3.67. The molecule has 0 spiro atoms. The minimum Gasteiger partial charge on any atom is -0.484 e. The van der Waals surface area contributed by atoms with Crippen molar-refractivity contribution in [2.24, 2.45) is 0 Å². The van der Waals surface area contributed by atoms with Crippen molar-refractivity contribution in [2.75, 3.05) is 26.3 Å². The summed E-state index contributed by atoms with van der Waals surface area (Å²) >= 11 is 0. The molecule has 0 fully saturated rings. The molecule has 0 aliphatic rings. The van der Waals surface area contributed by atoms with Crippen LogP contribution in [0.5, 0.6) is 11.5 Å². The summed E-state index contributed by atoms with van der Waals surface area (Å²) in [6.07, 6.45) is 5.98. The first-order chi connectivity index (χ1) is 17.4. The lowest BCUT2D eigenvalue weighted by molar-refractivity contribution is -0.123. The van der Waals surface area contributed by atoms with Gasteiger partial charge in [0.15, 0.2) is 24.8 Å². The highest BCUT2D eigenvalue weighted by atomic mass is 16.5. The van der Waals surface area contributed by atoms with Crippen molar-refractivity contribution in [3.8, 4) is 11.5 Å². The number of allylic oxidation sites excluding steroid dienone is 2. The van der Waals surface area contributed by atoms with Crippen LogP contribution in [0.2, 0.25) is 0 Å². The van der Waals surface area contributed by atoms with Crippen LogP contribution in [0, 0.1) is 0 Å². The van der Waals surface area contributed by atoms with Crippen LogP contribution >= 0.6 is 0 Å². The van der Waals surface area contributed by atoms with Crippen molar-refractivity contribution >= 4 is 23.4 Å². The van der Waals surface area contributed by atoms with Gasteiger partial charge in [-0.1, -0.05) is 26.0 Å². The van der Waals surface area contributed by atoms with Crippen LogP contribution in [0.15, 0.2) is 73.8 Å². The second kappa shape index (κ2) is 15.7. The fourth-order valence-corrected chi connectivity index (χ4v) is 3.13. The molecule has 2 N–H and O–H groups in total. The molecule has 0 aliphatic heterocycles. The largest absolute Gasteiger partial charge is 0.484 e. The summed E-state index contributed by atoms with van der Waals surface area (Å²) in [6, 6.07) is 13.1. The first-order valence-electron chi connectivity index (χ1n) is 11.8. The van der Waals surface area contributed by atoms with Gasteiger partial charge < -0.3 is 20.1 Å². The molecule has 2 aromatic carbocycles. The molecule has 0 saturated heterocycles. The second-order valence-electron chi connectivity index (χ2n) is 7.88. The van der Waals surface area contributed by atoms with Crippen LogP contribution in [0.25, 0.3) is 0 Å². The number of rotatable bonds is 17. The Morgan fingerprint density at radius 1 is 0.611 bits per heavy atom. The van der Waals surface area contributed by atoms with E-state index in [9.17, 15) is 19.2 Å². The average Bonchev–Trinajstić information content (AvgIpc) is 2.91. The molecule has 0 atom stereocenters. The first-order valence-corrected chi connectivity index (χ1v) is 11.8. The molecule has 2 amide bonds. The number of carbonyl (C=O) groups excluding carboxylic acids is 4. The Labute approximate surface area is 211 Å². The van der Waals surface area contributed by atoms with E-state index in [0.717, 1.165) is 25.7 Å². The summed E-state index contributed by atoms with van der Waals surface area (Å²) in [6.45, 7) is 7.79. The molecule has 0 unspecified atom stereocenters. The third-order valence-corrected chi connectivity index (χ3v) is 5.14. The van der Waals surface area contributed by atoms with Gasteiger partial charge in [0, 0.05) is 24.2 Å². The van der Waals surface area contributed by atoms with Crippen LogP contribution < -0.4 is 20.1 Å².